The Morgan fingerprint density at radius 2 is 1.77 bits per heavy atom. The van der Waals surface area contributed by atoms with Crippen LogP contribution < -0.4 is 4.31 Å². The van der Waals surface area contributed by atoms with E-state index in [9.17, 15) is 13.2 Å². The van der Waals surface area contributed by atoms with Gasteiger partial charge in [-0.05, 0) is 61.9 Å². The number of nitrogens with zero attached hydrogens (tertiary/aromatic N) is 2. The Kier molecular flexibility index (Phi) is 5.62. The summed E-state index contributed by atoms with van der Waals surface area (Å²) in [4.78, 5) is 15.1. The molecular weight excluding hydrogens is 396 g/mol. The Balaban J connectivity index is 1.64. The van der Waals surface area contributed by atoms with Crippen molar-refractivity contribution < 1.29 is 13.2 Å². The third kappa shape index (κ3) is 3.62. The van der Waals surface area contributed by atoms with Crippen LogP contribution in [0.2, 0.25) is 0 Å². The number of amides is 1. The van der Waals surface area contributed by atoms with Gasteiger partial charge in [-0.1, -0.05) is 44.0 Å². The first-order chi connectivity index (χ1) is 14.3. The number of rotatable bonds is 4. The van der Waals surface area contributed by atoms with Crippen LogP contribution in [0.4, 0.5) is 5.69 Å². The van der Waals surface area contributed by atoms with Crippen LogP contribution in [0.3, 0.4) is 0 Å². The highest BCUT2D eigenvalue weighted by Gasteiger charge is 2.36. The summed E-state index contributed by atoms with van der Waals surface area (Å²) in [5, 5.41) is 0. The summed E-state index contributed by atoms with van der Waals surface area (Å²) in [6.45, 7) is 4.12. The van der Waals surface area contributed by atoms with E-state index in [1.54, 1.807) is 18.2 Å². The SMILES string of the molecule is CC1CCCCC1N(C)C(=O)c1cccc(S(=O)(=O)N2c3ccccc3CC2C)c1. The van der Waals surface area contributed by atoms with Crippen LogP contribution in [0.5, 0.6) is 0 Å². The van der Waals surface area contributed by atoms with E-state index >= 15 is 0 Å². The molecule has 0 N–H and O–H groups in total. The maximum absolute atomic E-state index is 13.5. The Bertz CT molecular complexity index is 1050. The molecule has 3 unspecified atom stereocenters. The molecule has 2 aliphatic rings. The summed E-state index contributed by atoms with van der Waals surface area (Å²) in [5.74, 6) is 0.349. The van der Waals surface area contributed by atoms with Crippen molar-refractivity contribution in [2.24, 2.45) is 5.92 Å². The molecule has 1 amide bonds. The second-order valence-corrected chi connectivity index (χ2v) is 10.6. The second-order valence-electron chi connectivity index (χ2n) is 8.76. The molecule has 160 valence electrons. The molecule has 2 aromatic carbocycles. The molecule has 0 saturated heterocycles. The lowest BCUT2D eigenvalue weighted by Gasteiger charge is -2.36. The smallest absolute Gasteiger partial charge is 0.264 e. The minimum Gasteiger partial charge on any atom is -0.338 e. The number of hydrogen-bond donors (Lipinski definition) is 0. The van der Waals surface area contributed by atoms with E-state index < -0.39 is 10.0 Å². The normalized spacial score (nSPS) is 23.8. The molecule has 4 rings (SSSR count). The molecule has 1 aliphatic carbocycles. The van der Waals surface area contributed by atoms with Gasteiger partial charge in [-0.15, -0.1) is 0 Å². The van der Waals surface area contributed by atoms with Crippen molar-refractivity contribution in [1.29, 1.82) is 0 Å². The second kappa shape index (κ2) is 8.06. The predicted molar refractivity (Wildman–Crippen MR) is 119 cm³/mol. The molecule has 0 spiro atoms. The highest BCUT2D eigenvalue weighted by Crippen LogP contribution is 2.36. The Morgan fingerprint density at radius 3 is 2.53 bits per heavy atom. The fourth-order valence-electron chi connectivity index (χ4n) is 5.03. The predicted octanol–water partition coefficient (Wildman–Crippen LogP) is 4.48. The maximum Gasteiger partial charge on any atom is 0.264 e. The zero-order chi connectivity index (χ0) is 21.5. The van der Waals surface area contributed by atoms with E-state index in [-0.39, 0.29) is 22.9 Å². The quantitative estimate of drug-likeness (QED) is 0.724. The molecule has 1 aliphatic heterocycles. The van der Waals surface area contributed by atoms with Crippen LogP contribution in [0.25, 0.3) is 0 Å². The van der Waals surface area contributed by atoms with Gasteiger partial charge in [0.15, 0.2) is 0 Å². The van der Waals surface area contributed by atoms with Gasteiger partial charge in [0.2, 0.25) is 0 Å². The van der Waals surface area contributed by atoms with Gasteiger partial charge in [-0.2, -0.15) is 0 Å². The molecule has 0 radical (unpaired) electrons. The average molecular weight is 427 g/mol. The van der Waals surface area contributed by atoms with Crippen molar-refractivity contribution >= 4 is 21.6 Å². The number of benzene rings is 2. The monoisotopic (exact) mass is 426 g/mol. The van der Waals surface area contributed by atoms with Crippen LogP contribution in [-0.2, 0) is 16.4 Å². The van der Waals surface area contributed by atoms with Crippen molar-refractivity contribution in [3.05, 3.63) is 59.7 Å². The van der Waals surface area contributed by atoms with Crippen LogP contribution in [0.15, 0.2) is 53.4 Å². The van der Waals surface area contributed by atoms with Gasteiger partial charge >= 0.3 is 0 Å². The Hall–Kier alpha value is -2.34. The average Bonchev–Trinajstić information content (AvgIpc) is 3.09. The molecule has 30 heavy (non-hydrogen) atoms. The number of sulfonamides is 1. The molecular formula is C24H30N2O3S. The van der Waals surface area contributed by atoms with E-state index in [0.29, 0.717) is 17.9 Å². The van der Waals surface area contributed by atoms with Gasteiger partial charge in [0.25, 0.3) is 15.9 Å². The molecule has 3 atom stereocenters. The summed E-state index contributed by atoms with van der Waals surface area (Å²) in [5.41, 5.74) is 2.19. The van der Waals surface area contributed by atoms with Crippen molar-refractivity contribution in [2.45, 2.75) is 62.9 Å². The van der Waals surface area contributed by atoms with Gasteiger partial charge in [0, 0.05) is 24.7 Å². The fourth-order valence-corrected chi connectivity index (χ4v) is 6.77. The lowest BCUT2D eigenvalue weighted by molar-refractivity contribution is 0.0628. The van der Waals surface area contributed by atoms with Crippen molar-refractivity contribution in [2.75, 3.05) is 11.4 Å². The lowest BCUT2D eigenvalue weighted by Crippen LogP contribution is -2.42. The molecule has 1 heterocycles. The largest absolute Gasteiger partial charge is 0.338 e. The Morgan fingerprint density at radius 1 is 1.03 bits per heavy atom. The summed E-state index contributed by atoms with van der Waals surface area (Å²) >= 11 is 0. The minimum absolute atomic E-state index is 0.110. The standard InChI is InChI=1S/C24H30N2O3S/c1-17-9-4-6-13-22(17)25(3)24(27)20-11-8-12-21(16-20)30(28,29)26-18(2)15-19-10-5-7-14-23(19)26/h5,7-8,10-12,14,16-18,22H,4,6,9,13,15H2,1-3H3. The van der Waals surface area contributed by atoms with Gasteiger partial charge < -0.3 is 4.90 Å². The number of fused-ring (bicyclic) bond motifs is 1. The zero-order valence-electron chi connectivity index (χ0n) is 17.9. The van der Waals surface area contributed by atoms with Gasteiger partial charge in [-0.25, -0.2) is 8.42 Å². The molecule has 5 nitrogen and oxygen atoms in total. The highest BCUT2D eigenvalue weighted by molar-refractivity contribution is 7.92. The Labute approximate surface area is 179 Å². The summed E-state index contributed by atoms with van der Waals surface area (Å²) in [7, 11) is -1.91. The van der Waals surface area contributed by atoms with E-state index in [0.717, 1.165) is 30.5 Å². The third-order valence-corrected chi connectivity index (χ3v) is 8.59. The van der Waals surface area contributed by atoms with E-state index in [1.165, 1.54) is 16.8 Å². The topological polar surface area (TPSA) is 57.7 Å². The number of para-hydroxylation sites is 1. The van der Waals surface area contributed by atoms with E-state index in [4.69, 9.17) is 0 Å². The molecule has 2 aromatic rings. The number of hydrogen-bond acceptors (Lipinski definition) is 3. The lowest BCUT2D eigenvalue weighted by atomic mass is 9.85. The minimum atomic E-state index is -3.76. The van der Waals surface area contributed by atoms with E-state index in [2.05, 4.69) is 6.92 Å². The van der Waals surface area contributed by atoms with Crippen molar-refractivity contribution in [3.8, 4) is 0 Å². The summed E-state index contributed by atoms with van der Waals surface area (Å²) < 4.78 is 28.5. The van der Waals surface area contributed by atoms with Crippen LogP contribution in [0.1, 0.15) is 55.5 Å². The van der Waals surface area contributed by atoms with Crippen LogP contribution >= 0.6 is 0 Å². The van der Waals surface area contributed by atoms with Gasteiger partial charge in [-0.3, -0.25) is 9.10 Å². The van der Waals surface area contributed by atoms with Gasteiger partial charge in [0.1, 0.15) is 0 Å². The van der Waals surface area contributed by atoms with Gasteiger partial charge in [0.05, 0.1) is 10.6 Å². The number of anilines is 1. The van der Waals surface area contributed by atoms with E-state index in [1.807, 2.05) is 43.1 Å². The number of carbonyl (C=O) groups is 1. The van der Waals surface area contributed by atoms with Crippen LogP contribution in [0, 0.1) is 5.92 Å². The molecule has 6 heteroatoms. The first kappa shape index (κ1) is 20.9. The zero-order valence-corrected chi connectivity index (χ0v) is 18.7. The highest BCUT2D eigenvalue weighted by atomic mass is 32.2. The fraction of sp³-hybridized carbons (Fsp3) is 0.458. The molecule has 1 fully saturated rings. The first-order valence-electron chi connectivity index (χ1n) is 10.8. The third-order valence-electron chi connectivity index (χ3n) is 6.67. The summed E-state index contributed by atoms with van der Waals surface area (Å²) in [6, 6.07) is 14.2. The summed E-state index contributed by atoms with van der Waals surface area (Å²) in [6.07, 6.45) is 5.17. The maximum atomic E-state index is 13.5. The first-order valence-corrected chi connectivity index (χ1v) is 12.2. The molecule has 1 saturated carbocycles. The van der Waals surface area contributed by atoms with Crippen molar-refractivity contribution in [1.82, 2.24) is 4.90 Å². The molecule has 0 bridgehead atoms. The number of carbonyl (C=O) groups excluding carboxylic acids is 1. The van der Waals surface area contributed by atoms with Crippen molar-refractivity contribution in [3.63, 3.8) is 0 Å². The molecule has 0 aromatic heterocycles. The van der Waals surface area contributed by atoms with Crippen LogP contribution in [-0.4, -0.2) is 38.4 Å².